The van der Waals surface area contributed by atoms with Gasteiger partial charge in [-0.15, -0.1) is 11.3 Å². The molecule has 1 aliphatic rings. The van der Waals surface area contributed by atoms with Crippen LogP contribution >= 0.6 is 11.3 Å². The van der Waals surface area contributed by atoms with Gasteiger partial charge in [-0.2, -0.15) is 13.2 Å². The first kappa shape index (κ1) is 30.3. The molecule has 0 aliphatic carbocycles. The molecule has 220 valence electrons. The zero-order valence-electron chi connectivity index (χ0n) is 23.3. The van der Waals surface area contributed by atoms with Crippen LogP contribution in [0.2, 0.25) is 0 Å². The molecule has 2 aromatic carbocycles. The average molecular weight is 590 g/mol. The van der Waals surface area contributed by atoms with Crippen molar-refractivity contribution in [3.05, 3.63) is 75.7 Å². The van der Waals surface area contributed by atoms with Gasteiger partial charge >= 0.3 is 12.2 Å². The average Bonchev–Trinajstić information content (AvgIpc) is 3.43. The number of nitrogens with zero attached hydrogens (tertiary/aromatic N) is 4. The van der Waals surface area contributed by atoms with E-state index >= 15 is 0 Å². The third-order valence-corrected chi connectivity index (χ3v) is 7.72. The lowest BCUT2D eigenvalue weighted by Gasteiger charge is -2.36. The van der Waals surface area contributed by atoms with E-state index in [4.69, 9.17) is 4.74 Å². The summed E-state index contributed by atoms with van der Waals surface area (Å²) in [6, 6.07) is 12.6. The highest BCUT2D eigenvalue weighted by Crippen LogP contribution is 2.32. The van der Waals surface area contributed by atoms with Gasteiger partial charge in [-0.1, -0.05) is 32.0 Å². The minimum absolute atomic E-state index is 0.209. The van der Waals surface area contributed by atoms with Gasteiger partial charge in [0.05, 0.1) is 18.7 Å². The van der Waals surface area contributed by atoms with Crippen molar-refractivity contribution in [1.29, 1.82) is 0 Å². The molecule has 1 aromatic heterocycles. The van der Waals surface area contributed by atoms with Crippen LogP contribution in [-0.4, -0.2) is 73.2 Å². The number of anilines is 2. The topological polar surface area (TPSA) is 78.0 Å². The van der Waals surface area contributed by atoms with E-state index in [1.54, 1.807) is 28.4 Å². The maximum absolute atomic E-state index is 13.1. The molecular weight excluding hydrogens is 555 g/mol. The molecule has 0 spiro atoms. The van der Waals surface area contributed by atoms with E-state index in [0.717, 1.165) is 12.1 Å². The van der Waals surface area contributed by atoms with Gasteiger partial charge in [0.2, 0.25) is 0 Å². The van der Waals surface area contributed by atoms with Gasteiger partial charge in [-0.25, -0.2) is 9.78 Å². The molecule has 0 unspecified atom stereocenters. The van der Waals surface area contributed by atoms with Gasteiger partial charge in [0.1, 0.15) is 10.7 Å². The zero-order chi connectivity index (χ0) is 29.6. The quantitative estimate of drug-likeness (QED) is 0.335. The smallest absolute Gasteiger partial charge is 0.383 e. The van der Waals surface area contributed by atoms with Crippen LogP contribution in [0.5, 0.6) is 0 Å². The number of carbonyl (C=O) groups is 2. The van der Waals surface area contributed by atoms with E-state index in [0.29, 0.717) is 61.6 Å². The van der Waals surface area contributed by atoms with Crippen LogP contribution < -0.4 is 10.2 Å². The number of nitrogens with one attached hydrogen (secondary N) is 1. The first-order chi connectivity index (χ1) is 19.5. The van der Waals surface area contributed by atoms with Crippen LogP contribution in [0, 0.1) is 0 Å². The SMILES string of the molecule is COCCN(Cc1nc(C(=O)N2CCN(c3cccc(C(F)(F)F)c3)CC2)cs1)C(=O)Nc1ccc(C(C)C)cc1. The number of aromatic nitrogens is 1. The fourth-order valence-corrected chi connectivity index (χ4v) is 5.24. The molecule has 12 heteroatoms. The van der Waals surface area contributed by atoms with E-state index in [1.807, 2.05) is 29.2 Å². The summed E-state index contributed by atoms with van der Waals surface area (Å²) in [5.41, 5.74) is 1.93. The number of hydrogen-bond donors (Lipinski definition) is 1. The van der Waals surface area contributed by atoms with Crippen molar-refractivity contribution in [2.45, 2.75) is 32.5 Å². The highest BCUT2D eigenvalue weighted by Gasteiger charge is 2.31. The highest BCUT2D eigenvalue weighted by molar-refractivity contribution is 7.09. The summed E-state index contributed by atoms with van der Waals surface area (Å²) < 4.78 is 44.5. The second-order valence-electron chi connectivity index (χ2n) is 10.1. The molecular formula is C29H34F3N5O3S. The fraction of sp³-hybridized carbons (Fsp3) is 0.414. The highest BCUT2D eigenvalue weighted by atomic mass is 32.1. The van der Waals surface area contributed by atoms with Crippen molar-refractivity contribution in [2.75, 3.05) is 56.7 Å². The number of thiazole rings is 1. The molecule has 1 saturated heterocycles. The standard InChI is InChI=1S/C29H34F3N5O3S/c1-20(2)21-7-9-23(10-8-21)33-28(39)37(15-16-40-3)18-26-34-25(19-41-26)27(38)36-13-11-35(12-14-36)24-6-4-5-22(17-24)29(30,31)32/h4-10,17,19-20H,11-16,18H2,1-3H3,(H,33,39). The third-order valence-electron chi connectivity index (χ3n) is 6.88. The van der Waals surface area contributed by atoms with Crippen LogP contribution in [0.1, 0.15) is 46.4 Å². The predicted molar refractivity (Wildman–Crippen MR) is 154 cm³/mol. The number of halogens is 3. The monoisotopic (exact) mass is 589 g/mol. The maximum atomic E-state index is 13.1. The summed E-state index contributed by atoms with van der Waals surface area (Å²) in [6.07, 6.45) is -4.41. The van der Waals surface area contributed by atoms with Crippen LogP contribution in [0.4, 0.5) is 29.3 Å². The normalized spacial score (nSPS) is 13.9. The number of urea groups is 1. The Balaban J connectivity index is 1.35. The van der Waals surface area contributed by atoms with E-state index in [1.165, 1.54) is 23.0 Å². The number of alkyl halides is 3. The second kappa shape index (κ2) is 13.3. The Morgan fingerprint density at radius 3 is 2.44 bits per heavy atom. The number of rotatable bonds is 9. The van der Waals surface area contributed by atoms with Gasteiger partial charge in [-0.05, 0) is 41.8 Å². The number of benzene rings is 2. The van der Waals surface area contributed by atoms with Crippen molar-refractivity contribution in [3.8, 4) is 0 Å². The van der Waals surface area contributed by atoms with E-state index < -0.39 is 11.7 Å². The molecule has 3 aromatic rings. The molecule has 1 fully saturated rings. The minimum Gasteiger partial charge on any atom is -0.383 e. The lowest BCUT2D eigenvalue weighted by molar-refractivity contribution is -0.137. The van der Waals surface area contributed by atoms with Crippen molar-refractivity contribution in [3.63, 3.8) is 0 Å². The van der Waals surface area contributed by atoms with Crippen LogP contribution in [0.25, 0.3) is 0 Å². The number of piperazine rings is 1. The Morgan fingerprint density at radius 2 is 1.80 bits per heavy atom. The zero-order valence-corrected chi connectivity index (χ0v) is 24.1. The molecule has 2 heterocycles. The third kappa shape index (κ3) is 7.98. The summed E-state index contributed by atoms with van der Waals surface area (Å²) in [6.45, 7) is 6.64. The van der Waals surface area contributed by atoms with E-state index in [-0.39, 0.29) is 24.2 Å². The van der Waals surface area contributed by atoms with Gasteiger partial charge in [0, 0.05) is 56.6 Å². The molecule has 3 amide bonds. The summed E-state index contributed by atoms with van der Waals surface area (Å²) in [5.74, 6) is 0.147. The summed E-state index contributed by atoms with van der Waals surface area (Å²) >= 11 is 1.30. The van der Waals surface area contributed by atoms with Crippen LogP contribution in [0.3, 0.4) is 0 Å². The van der Waals surface area contributed by atoms with Crippen molar-refractivity contribution in [2.24, 2.45) is 0 Å². The van der Waals surface area contributed by atoms with Gasteiger partial charge in [-0.3, -0.25) is 4.79 Å². The maximum Gasteiger partial charge on any atom is 0.416 e. The first-order valence-corrected chi connectivity index (χ1v) is 14.2. The lowest BCUT2D eigenvalue weighted by atomic mass is 10.0. The number of methoxy groups -OCH3 is 1. The Kier molecular flexibility index (Phi) is 9.87. The molecule has 1 N–H and O–H groups in total. The van der Waals surface area contributed by atoms with Crippen LogP contribution in [0.15, 0.2) is 53.9 Å². The van der Waals surface area contributed by atoms with Gasteiger partial charge in [0.15, 0.2) is 0 Å². The molecule has 0 radical (unpaired) electrons. The Labute approximate surface area is 241 Å². The first-order valence-electron chi connectivity index (χ1n) is 13.4. The van der Waals surface area contributed by atoms with E-state index in [2.05, 4.69) is 24.1 Å². The van der Waals surface area contributed by atoms with Crippen molar-refractivity contribution < 1.29 is 27.5 Å². The summed E-state index contributed by atoms with van der Waals surface area (Å²) in [4.78, 5) is 35.8. The fourth-order valence-electron chi connectivity index (χ4n) is 4.46. The van der Waals surface area contributed by atoms with Gasteiger partial charge in [0.25, 0.3) is 5.91 Å². The largest absolute Gasteiger partial charge is 0.416 e. The molecule has 4 rings (SSSR count). The predicted octanol–water partition coefficient (Wildman–Crippen LogP) is 5.93. The van der Waals surface area contributed by atoms with E-state index in [9.17, 15) is 22.8 Å². The second-order valence-corrected chi connectivity index (χ2v) is 11.0. The Bertz CT molecular complexity index is 1320. The van der Waals surface area contributed by atoms with Gasteiger partial charge < -0.3 is 24.8 Å². The number of hydrogen-bond acceptors (Lipinski definition) is 6. The number of amides is 3. The Morgan fingerprint density at radius 1 is 1.10 bits per heavy atom. The lowest BCUT2D eigenvalue weighted by Crippen LogP contribution is -2.49. The molecule has 0 atom stereocenters. The van der Waals surface area contributed by atoms with Crippen molar-refractivity contribution >= 4 is 34.6 Å². The number of ether oxygens (including phenoxy) is 1. The molecule has 1 aliphatic heterocycles. The molecule has 0 bridgehead atoms. The number of carbonyl (C=O) groups excluding carboxylic acids is 2. The molecule has 41 heavy (non-hydrogen) atoms. The molecule has 0 saturated carbocycles. The van der Waals surface area contributed by atoms with Crippen LogP contribution in [-0.2, 0) is 17.5 Å². The minimum atomic E-state index is -4.41. The Hall–Kier alpha value is -3.64. The summed E-state index contributed by atoms with van der Waals surface area (Å²) in [7, 11) is 1.56. The van der Waals surface area contributed by atoms with Crippen molar-refractivity contribution in [1.82, 2.24) is 14.8 Å². The summed E-state index contributed by atoms with van der Waals surface area (Å²) in [5, 5.41) is 5.20. The molecule has 8 nitrogen and oxygen atoms in total.